The number of carbonyl (C=O) groups is 1. The molecule has 1 saturated heterocycles. The van der Waals surface area contributed by atoms with E-state index in [2.05, 4.69) is 15.5 Å². The van der Waals surface area contributed by atoms with Crippen LogP contribution in [0.25, 0.3) is 11.5 Å². The van der Waals surface area contributed by atoms with Gasteiger partial charge in [0.15, 0.2) is 0 Å². The van der Waals surface area contributed by atoms with Crippen molar-refractivity contribution in [2.45, 2.75) is 50.5 Å². The van der Waals surface area contributed by atoms with E-state index in [0.717, 1.165) is 44.3 Å². The van der Waals surface area contributed by atoms with Gasteiger partial charge in [-0.1, -0.05) is 12.8 Å². The molecule has 0 bridgehead atoms. The lowest BCUT2D eigenvalue weighted by Crippen LogP contribution is -2.47. The topological polar surface area (TPSA) is 71.3 Å². The third kappa shape index (κ3) is 3.31. The summed E-state index contributed by atoms with van der Waals surface area (Å²) in [7, 11) is 0. The van der Waals surface area contributed by atoms with Gasteiger partial charge in [0.25, 0.3) is 0 Å². The number of nitrogens with one attached hydrogen (secondary N) is 1. The average Bonchev–Trinajstić information content (AvgIpc) is 3.36. The molecule has 1 aliphatic carbocycles. The van der Waals surface area contributed by atoms with Crippen molar-refractivity contribution in [1.29, 1.82) is 0 Å². The first-order chi connectivity index (χ1) is 11.8. The van der Waals surface area contributed by atoms with Crippen molar-refractivity contribution in [3.8, 4) is 11.5 Å². The molecule has 2 fully saturated rings. The molecule has 1 N–H and O–H groups in total. The molecule has 2 aromatic rings. The summed E-state index contributed by atoms with van der Waals surface area (Å²) in [6, 6.07) is 2.45. The lowest BCUT2D eigenvalue weighted by atomic mass is 9.97. The standard InChI is InChI=1S/C17H22N4O2S/c22-17(18-14-3-1-2-4-14)21-8-5-12(6-9-21)15-19-20-16(23-15)13-7-10-24-11-13/h7,10-12,14H,1-6,8-9H2,(H,18,22). The summed E-state index contributed by atoms with van der Waals surface area (Å²) in [5.41, 5.74) is 0.979. The molecule has 0 spiro atoms. The molecule has 2 aromatic heterocycles. The van der Waals surface area contributed by atoms with Crippen molar-refractivity contribution >= 4 is 17.4 Å². The van der Waals surface area contributed by atoms with Gasteiger partial charge in [0.2, 0.25) is 11.8 Å². The summed E-state index contributed by atoms with van der Waals surface area (Å²) < 4.78 is 5.84. The Morgan fingerprint density at radius 1 is 1.21 bits per heavy atom. The molecule has 1 saturated carbocycles. The Balaban J connectivity index is 1.32. The second-order valence-electron chi connectivity index (χ2n) is 6.65. The van der Waals surface area contributed by atoms with Gasteiger partial charge in [0, 0.05) is 36.0 Å². The van der Waals surface area contributed by atoms with Gasteiger partial charge in [-0.2, -0.15) is 11.3 Å². The molecule has 3 heterocycles. The first-order valence-electron chi connectivity index (χ1n) is 8.71. The van der Waals surface area contributed by atoms with Gasteiger partial charge in [-0.05, 0) is 37.1 Å². The van der Waals surface area contributed by atoms with E-state index in [1.807, 2.05) is 21.7 Å². The third-order valence-electron chi connectivity index (χ3n) is 5.02. The number of piperidine rings is 1. The maximum absolute atomic E-state index is 12.3. The zero-order valence-corrected chi connectivity index (χ0v) is 14.4. The number of amides is 2. The minimum absolute atomic E-state index is 0.0878. The number of rotatable bonds is 3. The Labute approximate surface area is 145 Å². The highest BCUT2D eigenvalue weighted by molar-refractivity contribution is 7.08. The van der Waals surface area contributed by atoms with Gasteiger partial charge in [-0.3, -0.25) is 0 Å². The summed E-state index contributed by atoms with van der Waals surface area (Å²) in [4.78, 5) is 14.2. The number of carbonyl (C=O) groups excluding carboxylic acids is 1. The predicted octanol–water partition coefficient (Wildman–Crippen LogP) is 3.63. The smallest absolute Gasteiger partial charge is 0.317 e. The molecule has 4 rings (SSSR count). The van der Waals surface area contributed by atoms with Crippen LogP contribution < -0.4 is 5.32 Å². The predicted molar refractivity (Wildman–Crippen MR) is 91.9 cm³/mol. The highest BCUT2D eigenvalue weighted by Gasteiger charge is 2.28. The molecule has 0 radical (unpaired) electrons. The van der Waals surface area contributed by atoms with E-state index in [9.17, 15) is 4.79 Å². The van der Waals surface area contributed by atoms with Crippen LogP contribution in [-0.4, -0.2) is 40.3 Å². The summed E-state index contributed by atoms with van der Waals surface area (Å²) in [6.45, 7) is 1.50. The van der Waals surface area contributed by atoms with Gasteiger partial charge >= 0.3 is 6.03 Å². The van der Waals surface area contributed by atoms with E-state index in [1.165, 1.54) is 12.8 Å². The first-order valence-corrected chi connectivity index (χ1v) is 9.65. The molecule has 2 amide bonds. The maximum Gasteiger partial charge on any atom is 0.317 e. The molecule has 7 heteroatoms. The number of thiophene rings is 1. The van der Waals surface area contributed by atoms with Gasteiger partial charge in [-0.25, -0.2) is 4.79 Å². The number of urea groups is 1. The largest absolute Gasteiger partial charge is 0.420 e. The van der Waals surface area contributed by atoms with Crippen LogP contribution in [0.5, 0.6) is 0 Å². The zero-order chi connectivity index (χ0) is 16.4. The van der Waals surface area contributed by atoms with Crippen LogP contribution in [0.15, 0.2) is 21.2 Å². The SMILES string of the molecule is O=C(NC1CCCC1)N1CCC(c2nnc(-c3ccsc3)o2)CC1. The van der Waals surface area contributed by atoms with Crippen LogP contribution in [-0.2, 0) is 0 Å². The number of aromatic nitrogens is 2. The molecule has 0 aromatic carbocycles. The third-order valence-corrected chi connectivity index (χ3v) is 5.71. The minimum Gasteiger partial charge on any atom is -0.420 e. The van der Waals surface area contributed by atoms with Crippen LogP contribution in [0.1, 0.15) is 50.3 Å². The second-order valence-corrected chi connectivity index (χ2v) is 7.43. The van der Waals surface area contributed by atoms with E-state index < -0.39 is 0 Å². The molecule has 0 atom stereocenters. The van der Waals surface area contributed by atoms with Gasteiger partial charge in [-0.15, -0.1) is 10.2 Å². The first kappa shape index (κ1) is 15.6. The Bertz CT molecular complexity index is 671. The minimum atomic E-state index is 0.0878. The van der Waals surface area contributed by atoms with Crippen molar-refractivity contribution in [2.75, 3.05) is 13.1 Å². The number of likely N-dealkylation sites (tertiary alicyclic amines) is 1. The Morgan fingerprint density at radius 3 is 2.71 bits per heavy atom. The fraction of sp³-hybridized carbons (Fsp3) is 0.588. The monoisotopic (exact) mass is 346 g/mol. The number of nitrogens with zero attached hydrogens (tertiary/aromatic N) is 3. The lowest BCUT2D eigenvalue weighted by molar-refractivity contribution is 0.174. The van der Waals surface area contributed by atoms with Gasteiger partial charge in [0.1, 0.15) is 0 Å². The van der Waals surface area contributed by atoms with Crippen molar-refractivity contribution in [3.05, 3.63) is 22.7 Å². The molecule has 2 aliphatic rings. The fourth-order valence-electron chi connectivity index (χ4n) is 3.57. The molecule has 6 nitrogen and oxygen atoms in total. The van der Waals surface area contributed by atoms with E-state index in [1.54, 1.807) is 11.3 Å². The summed E-state index contributed by atoms with van der Waals surface area (Å²) >= 11 is 1.62. The van der Waals surface area contributed by atoms with Crippen molar-refractivity contribution in [3.63, 3.8) is 0 Å². The molecule has 1 aliphatic heterocycles. The molecule has 128 valence electrons. The summed E-state index contributed by atoms with van der Waals surface area (Å²) in [6.07, 6.45) is 6.46. The fourth-order valence-corrected chi connectivity index (χ4v) is 4.20. The van der Waals surface area contributed by atoms with Gasteiger partial charge < -0.3 is 14.6 Å². The van der Waals surface area contributed by atoms with Crippen molar-refractivity contribution in [2.24, 2.45) is 0 Å². The average molecular weight is 346 g/mol. The van der Waals surface area contributed by atoms with Crippen LogP contribution in [0.2, 0.25) is 0 Å². The number of hydrogen-bond acceptors (Lipinski definition) is 5. The quantitative estimate of drug-likeness (QED) is 0.921. The summed E-state index contributed by atoms with van der Waals surface area (Å²) in [5.74, 6) is 1.54. The molecular formula is C17H22N4O2S. The lowest BCUT2D eigenvalue weighted by Gasteiger charge is -2.31. The normalized spacial score (nSPS) is 19.8. The number of hydrogen-bond donors (Lipinski definition) is 1. The van der Waals surface area contributed by atoms with Crippen LogP contribution in [0.3, 0.4) is 0 Å². The highest BCUT2D eigenvalue weighted by Crippen LogP contribution is 2.30. The van der Waals surface area contributed by atoms with Crippen LogP contribution in [0, 0.1) is 0 Å². The Kier molecular flexibility index (Phi) is 4.51. The Hall–Kier alpha value is -1.89. The molecule has 24 heavy (non-hydrogen) atoms. The van der Waals surface area contributed by atoms with Crippen molar-refractivity contribution < 1.29 is 9.21 Å². The zero-order valence-electron chi connectivity index (χ0n) is 13.6. The van der Waals surface area contributed by atoms with E-state index in [0.29, 0.717) is 17.8 Å². The van der Waals surface area contributed by atoms with Crippen molar-refractivity contribution in [1.82, 2.24) is 20.4 Å². The maximum atomic E-state index is 12.3. The van der Waals surface area contributed by atoms with Crippen LogP contribution >= 0.6 is 11.3 Å². The molecule has 0 unspecified atom stereocenters. The summed E-state index contributed by atoms with van der Waals surface area (Å²) in [5, 5.41) is 15.5. The van der Waals surface area contributed by atoms with Gasteiger partial charge in [0.05, 0.1) is 0 Å². The molecular weight excluding hydrogens is 324 g/mol. The van der Waals surface area contributed by atoms with E-state index in [4.69, 9.17) is 4.42 Å². The highest BCUT2D eigenvalue weighted by atomic mass is 32.1. The second kappa shape index (κ2) is 6.93. The van der Waals surface area contributed by atoms with E-state index in [-0.39, 0.29) is 11.9 Å². The van der Waals surface area contributed by atoms with E-state index >= 15 is 0 Å². The van der Waals surface area contributed by atoms with Crippen LogP contribution in [0.4, 0.5) is 4.79 Å². The Morgan fingerprint density at radius 2 is 2.00 bits per heavy atom.